The molecular formula is C23H30O6S. The fourth-order valence-corrected chi connectivity index (χ4v) is 4.56. The third-order valence-electron chi connectivity index (χ3n) is 4.88. The molecule has 2 aromatic rings. The fraction of sp³-hybridized carbons (Fsp3) is 0.435. The normalized spacial score (nSPS) is 11.3. The minimum atomic E-state index is -3.16. The highest BCUT2D eigenvalue weighted by Crippen LogP contribution is 2.23. The highest BCUT2D eigenvalue weighted by atomic mass is 32.2. The van der Waals surface area contributed by atoms with E-state index in [1.54, 1.807) is 30.3 Å². The molecule has 30 heavy (non-hydrogen) atoms. The van der Waals surface area contributed by atoms with Gasteiger partial charge in [0.25, 0.3) is 0 Å². The summed E-state index contributed by atoms with van der Waals surface area (Å²) in [7, 11) is -3.16. The number of phenols is 1. The van der Waals surface area contributed by atoms with Crippen molar-refractivity contribution >= 4 is 15.8 Å². The topological polar surface area (TPSA) is 101 Å². The van der Waals surface area contributed by atoms with E-state index in [-0.39, 0.29) is 17.1 Å². The van der Waals surface area contributed by atoms with E-state index in [1.807, 2.05) is 6.07 Å². The molecule has 0 aliphatic carbocycles. The molecule has 0 aromatic heterocycles. The monoisotopic (exact) mass is 434 g/mol. The van der Waals surface area contributed by atoms with Crippen molar-refractivity contribution in [1.82, 2.24) is 0 Å². The molecule has 0 aliphatic heterocycles. The van der Waals surface area contributed by atoms with Crippen molar-refractivity contribution in [3.8, 4) is 11.5 Å². The molecular weight excluding hydrogens is 404 g/mol. The number of rotatable bonds is 14. The number of aromatic hydroxyl groups is 1. The fourth-order valence-electron chi connectivity index (χ4n) is 3.17. The molecule has 2 N–H and O–H groups in total. The van der Waals surface area contributed by atoms with Gasteiger partial charge in [-0.25, -0.2) is 13.2 Å². The predicted molar refractivity (Wildman–Crippen MR) is 116 cm³/mol. The molecule has 0 spiro atoms. The van der Waals surface area contributed by atoms with Gasteiger partial charge in [-0.2, -0.15) is 0 Å². The van der Waals surface area contributed by atoms with Gasteiger partial charge in [-0.1, -0.05) is 56.7 Å². The maximum absolute atomic E-state index is 12.2. The highest BCUT2D eigenvalue weighted by Gasteiger charge is 2.13. The Morgan fingerprint density at radius 1 is 0.833 bits per heavy atom. The predicted octanol–water partition coefficient (Wildman–Crippen LogP) is 5.06. The molecule has 0 aliphatic rings. The van der Waals surface area contributed by atoms with Crippen LogP contribution in [0.2, 0.25) is 0 Å². The van der Waals surface area contributed by atoms with E-state index in [0.717, 1.165) is 44.9 Å². The van der Waals surface area contributed by atoms with Crippen LogP contribution in [-0.2, 0) is 9.84 Å². The third kappa shape index (κ3) is 8.06. The first-order valence-electron chi connectivity index (χ1n) is 10.4. The Balaban J connectivity index is 1.48. The number of carboxylic acid groups (broad SMARTS) is 1. The second-order valence-corrected chi connectivity index (χ2v) is 9.40. The largest absolute Gasteiger partial charge is 0.507 e. The number of carboxylic acids is 1. The molecule has 0 bridgehead atoms. The van der Waals surface area contributed by atoms with Gasteiger partial charge in [-0.3, -0.25) is 0 Å². The van der Waals surface area contributed by atoms with Crippen molar-refractivity contribution in [2.45, 2.75) is 56.3 Å². The van der Waals surface area contributed by atoms with Gasteiger partial charge < -0.3 is 14.9 Å². The second kappa shape index (κ2) is 12.2. The summed E-state index contributed by atoms with van der Waals surface area (Å²) in [5, 5.41) is 18.5. The molecule has 0 unspecified atom stereocenters. The van der Waals surface area contributed by atoms with Crippen LogP contribution in [0.4, 0.5) is 0 Å². The molecule has 6 nitrogen and oxygen atoms in total. The first-order valence-corrected chi connectivity index (χ1v) is 12.0. The Bertz CT molecular complexity index is 893. The van der Waals surface area contributed by atoms with Crippen LogP contribution in [0.15, 0.2) is 53.4 Å². The molecule has 0 atom stereocenters. The SMILES string of the molecule is O=C(O)c1ccc(OCCCCCCCCCCS(=O)(=O)c2ccccc2)cc1O. The number of sulfone groups is 1. The number of hydrogen-bond acceptors (Lipinski definition) is 5. The van der Waals surface area contributed by atoms with E-state index in [9.17, 15) is 18.3 Å². The molecule has 0 fully saturated rings. The molecule has 0 saturated carbocycles. The Morgan fingerprint density at radius 3 is 2.03 bits per heavy atom. The number of aromatic carboxylic acids is 1. The van der Waals surface area contributed by atoms with Gasteiger partial charge in [-0.05, 0) is 37.1 Å². The summed E-state index contributed by atoms with van der Waals surface area (Å²) < 4.78 is 29.9. The summed E-state index contributed by atoms with van der Waals surface area (Å²) in [5.74, 6) is -0.798. The first kappa shape index (κ1) is 23.7. The summed E-state index contributed by atoms with van der Waals surface area (Å²) >= 11 is 0. The molecule has 2 aromatic carbocycles. The van der Waals surface area contributed by atoms with Crippen molar-refractivity contribution in [3.63, 3.8) is 0 Å². The molecule has 7 heteroatoms. The number of benzene rings is 2. The van der Waals surface area contributed by atoms with Gasteiger partial charge in [0.05, 0.1) is 17.3 Å². The minimum absolute atomic E-state index is 0.139. The lowest BCUT2D eigenvalue weighted by Crippen LogP contribution is -2.06. The quantitative estimate of drug-likeness (QED) is 0.403. The molecule has 164 valence electrons. The number of ether oxygens (including phenoxy) is 1. The molecule has 2 rings (SSSR count). The minimum Gasteiger partial charge on any atom is -0.507 e. The second-order valence-electron chi connectivity index (χ2n) is 7.29. The average molecular weight is 435 g/mol. The van der Waals surface area contributed by atoms with Gasteiger partial charge in [0.1, 0.15) is 17.1 Å². The maximum Gasteiger partial charge on any atom is 0.339 e. The van der Waals surface area contributed by atoms with Gasteiger partial charge in [0.2, 0.25) is 0 Å². The molecule has 0 amide bonds. The highest BCUT2D eigenvalue weighted by molar-refractivity contribution is 7.91. The van der Waals surface area contributed by atoms with Crippen LogP contribution in [-0.4, -0.2) is 37.0 Å². The van der Waals surface area contributed by atoms with E-state index >= 15 is 0 Å². The summed E-state index contributed by atoms with van der Waals surface area (Å²) in [6.45, 7) is 0.517. The summed E-state index contributed by atoms with van der Waals surface area (Å²) in [6, 6.07) is 12.8. The van der Waals surface area contributed by atoms with Crippen molar-refractivity contribution in [2.75, 3.05) is 12.4 Å². The molecule has 0 saturated heterocycles. The first-order chi connectivity index (χ1) is 14.4. The van der Waals surface area contributed by atoms with E-state index in [0.29, 0.717) is 23.7 Å². The average Bonchev–Trinajstić information content (AvgIpc) is 2.72. The number of unbranched alkanes of at least 4 members (excludes halogenated alkanes) is 7. The lowest BCUT2D eigenvalue weighted by molar-refractivity contribution is 0.0693. The van der Waals surface area contributed by atoms with Crippen molar-refractivity contribution < 1.29 is 28.2 Å². The zero-order chi connectivity index (χ0) is 21.8. The Labute approximate surface area is 178 Å². The van der Waals surface area contributed by atoms with Crippen molar-refractivity contribution in [3.05, 3.63) is 54.1 Å². The van der Waals surface area contributed by atoms with Crippen LogP contribution in [0.25, 0.3) is 0 Å². The Morgan fingerprint density at radius 2 is 1.43 bits per heavy atom. The van der Waals surface area contributed by atoms with Crippen LogP contribution in [0.1, 0.15) is 61.7 Å². The molecule has 0 radical (unpaired) electrons. The van der Waals surface area contributed by atoms with E-state index < -0.39 is 15.8 Å². The lowest BCUT2D eigenvalue weighted by Gasteiger charge is -2.08. The van der Waals surface area contributed by atoms with Gasteiger partial charge >= 0.3 is 5.97 Å². The number of hydrogen-bond donors (Lipinski definition) is 2. The van der Waals surface area contributed by atoms with Crippen LogP contribution in [0, 0.1) is 0 Å². The summed E-state index contributed by atoms with van der Waals surface area (Å²) in [6.07, 6.45) is 7.86. The lowest BCUT2D eigenvalue weighted by atomic mass is 10.1. The van der Waals surface area contributed by atoms with Crippen LogP contribution < -0.4 is 4.74 Å². The van der Waals surface area contributed by atoms with Gasteiger partial charge in [0, 0.05) is 6.07 Å². The van der Waals surface area contributed by atoms with Gasteiger partial charge in [0.15, 0.2) is 9.84 Å². The number of carbonyl (C=O) groups is 1. The van der Waals surface area contributed by atoms with E-state index in [2.05, 4.69) is 0 Å². The van der Waals surface area contributed by atoms with Crippen LogP contribution in [0.5, 0.6) is 11.5 Å². The standard InChI is InChI=1S/C23H30O6S/c24-22-18-19(14-15-21(22)23(25)26)29-16-10-5-3-1-2-4-6-11-17-30(27,28)20-12-8-7-9-13-20/h7-9,12-15,18,24H,1-6,10-11,16-17H2,(H,25,26). The smallest absolute Gasteiger partial charge is 0.339 e. The third-order valence-corrected chi connectivity index (χ3v) is 6.69. The van der Waals surface area contributed by atoms with Gasteiger partial charge in [-0.15, -0.1) is 0 Å². The van der Waals surface area contributed by atoms with Crippen LogP contribution in [0.3, 0.4) is 0 Å². The zero-order valence-corrected chi connectivity index (χ0v) is 17.9. The Kier molecular flexibility index (Phi) is 9.67. The van der Waals surface area contributed by atoms with E-state index in [4.69, 9.17) is 9.84 Å². The summed E-state index contributed by atoms with van der Waals surface area (Å²) in [4.78, 5) is 11.3. The van der Waals surface area contributed by atoms with Crippen molar-refractivity contribution in [1.29, 1.82) is 0 Å². The van der Waals surface area contributed by atoms with Crippen molar-refractivity contribution in [2.24, 2.45) is 0 Å². The Hall–Kier alpha value is -2.54. The van der Waals surface area contributed by atoms with E-state index in [1.165, 1.54) is 12.1 Å². The molecule has 0 heterocycles. The zero-order valence-electron chi connectivity index (χ0n) is 17.1. The van der Waals surface area contributed by atoms with Crippen LogP contribution >= 0.6 is 0 Å². The summed E-state index contributed by atoms with van der Waals surface area (Å²) in [5.41, 5.74) is -0.139. The maximum atomic E-state index is 12.2.